The summed E-state index contributed by atoms with van der Waals surface area (Å²) < 4.78 is 8.45. The second-order valence-electron chi connectivity index (χ2n) is 6.92. The third-order valence-corrected chi connectivity index (χ3v) is 5.79. The second-order valence-corrected chi connectivity index (χ2v) is 7.84. The second kappa shape index (κ2) is 7.73. The number of nitrogens with one attached hydrogen (secondary N) is 1. The minimum atomic E-state index is -0.521. The Morgan fingerprint density at radius 1 is 1.25 bits per heavy atom. The number of carbonyl (C=O) groups is 1. The minimum absolute atomic E-state index is 0.0309. The molecule has 7 nitrogen and oxygen atoms in total. The number of rotatable bonds is 5. The van der Waals surface area contributed by atoms with Crippen molar-refractivity contribution in [3.63, 3.8) is 0 Å². The Kier molecular flexibility index (Phi) is 5.15. The van der Waals surface area contributed by atoms with Crippen molar-refractivity contribution >= 4 is 27.5 Å². The summed E-state index contributed by atoms with van der Waals surface area (Å²) in [5.74, 6) is -0.279. The van der Waals surface area contributed by atoms with Gasteiger partial charge in [0, 0.05) is 13.2 Å². The zero-order chi connectivity index (χ0) is 19.7. The standard InChI is InChI=1S/C20H21N3O4S/c1-13-4-6-14(7-5-13)23-19(25)18-16(8-10-28-18)22(20(23)26)12-17(24)21-11-15-3-2-9-27-15/h4-8,10,15H,2-3,9,11-12H2,1H3,(H,21,24)/t15-/m0/s1. The molecule has 1 N–H and O–H groups in total. The molecule has 8 heteroatoms. The lowest BCUT2D eigenvalue weighted by atomic mass is 10.2. The fraction of sp³-hybridized carbons (Fsp3) is 0.350. The normalized spacial score (nSPS) is 16.5. The highest BCUT2D eigenvalue weighted by atomic mass is 32.1. The molecule has 0 unspecified atom stereocenters. The van der Waals surface area contributed by atoms with Gasteiger partial charge in [0.2, 0.25) is 5.91 Å². The van der Waals surface area contributed by atoms with E-state index in [0.29, 0.717) is 22.4 Å². The molecule has 3 heterocycles. The van der Waals surface area contributed by atoms with Crippen LogP contribution in [0.1, 0.15) is 18.4 Å². The SMILES string of the molecule is Cc1ccc(-n2c(=O)c3sccc3n(CC(=O)NC[C@@H]3CCCO3)c2=O)cc1. The van der Waals surface area contributed by atoms with Crippen LogP contribution in [0.2, 0.25) is 0 Å². The Hall–Kier alpha value is -2.71. The van der Waals surface area contributed by atoms with Crippen molar-refractivity contribution in [1.29, 1.82) is 0 Å². The first kappa shape index (κ1) is 18.6. The summed E-state index contributed by atoms with van der Waals surface area (Å²) in [4.78, 5) is 38.4. The van der Waals surface area contributed by atoms with Gasteiger partial charge in [0.25, 0.3) is 5.56 Å². The van der Waals surface area contributed by atoms with Crippen molar-refractivity contribution in [3.8, 4) is 5.69 Å². The van der Waals surface area contributed by atoms with Crippen LogP contribution in [-0.2, 0) is 16.1 Å². The molecule has 0 bridgehead atoms. The molecule has 0 radical (unpaired) electrons. The number of aromatic nitrogens is 2. The Bertz CT molecular complexity index is 1120. The first-order valence-electron chi connectivity index (χ1n) is 9.23. The van der Waals surface area contributed by atoms with Gasteiger partial charge in [-0.2, -0.15) is 0 Å². The molecule has 28 heavy (non-hydrogen) atoms. The summed E-state index contributed by atoms with van der Waals surface area (Å²) in [7, 11) is 0. The minimum Gasteiger partial charge on any atom is -0.376 e. The third kappa shape index (κ3) is 3.53. The largest absolute Gasteiger partial charge is 0.376 e. The van der Waals surface area contributed by atoms with Crippen molar-refractivity contribution in [2.24, 2.45) is 0 Å². The van der Waals surface area contributed by atoms with Crippen LogP contribution < -0.4 is 16.6 Å². The zero-order valence-electron chi connectivity index (χ0n) is 15.5. The van der Waals surface area contributed by atoms with Crippen LogP contribution in [0.3, 0.4) is 0 Å². The van der Waals surface area contributed by atoms with E-state index in [1.807, 2.05) is 19.1 Å². The first-order valence-corrected chi connectivity index (χ1v) is 10.1. The van der Waals surface area contributed by atoms with Gasteiger partial charge in [-0.05, 0) is 43.3 Å². The van der Waals surface area contributed by atoms with Crippen LogP contribution in [0.15, 0.2) is 45.3 Å². The fourth-order valence-electron chi connectivity index (χ4n) is 3.39. The maximum atomic E-state index is 13.1. The number of benzene rings is 1. The Labute approximate surface area is 165 Å². The molecule has 2 aromatic heterocycles. The van der Waals surface area contributed by atoms with Crippen molar-refractivity contribution < 1.29 is 9.53 Å². The molecule has 1 aromatic carbocycles. The predicted molar refractivity (Wildman–Crippen MR) is 108 cm³/mol. The molecule has 4 rings (SSSR count). The van der Waals surface area contributed by atoms with Gasteiger partial charge >= 0.3 is 5.69 Å². The van der Waals surface area contributed by atoms with Crippen molar-refractivity contribution in [3.05, 3.63) is 62.1 Å². The molecule has 1 amide bonds. The average molecular weight is 399 g/mol. The van der Waals surface area contributed by atoms with E-state index in [9.17, 15) is 14.4 Å². The topological polar surface area (TPSA) is 82.3 Å². The maximum absolute atomic E-state index is 13.1. The Balaban J connectivity index is 1.70. The number of ether oxygens (including phenoxy) is 1. The van der Waals surface area contributed by atoms with Crippen molar-refractivity contribution in [1.82, 2.24) is 14.5 Å². The van der Waals surface area contributed by atoms with Crippen LogP contribution in [-0.4, -0.2) is 34.3 Å². The van der Waals surface area contributed by atoms with Gasteiger partial charge in [-0.25, -0.2) is 9.36 Å². The van der Waals surface area contributed by atoms with Gasteiger partial charge < -0.3 is 10.1 Å². The monoisotopic (exact) mass is 399 g/mol. The van der Waals surface area contributed by atoms with Crippen LogP contribution >= 0.6 is 11.3 Å². The lowest BCUT2D eigenvalue weighted by molar-refractivity contribution is -0.122. The van der Waals surface area contributed by atoms with Crippen LogP contribution in [0.25, 0.3) is 15.9 Å². The highest BCUT2D eigenvalue weighted by Crippen LogP contribution is 2.17. The van der Waals surface area contributed by atoms with Crippen LogP contribution in [0.5, 0.6) is 0 Å². The van der Waals surface area contributed by atoms with Gasteiger partial charge in [0.05, 0.1) is 17.3 Å². The van der Waals surface area contributed by atoms with E-state index in [-0.39, 0.29) is 24.1 Å². The molecule has 1 aliphatic heterocycles. The summed E-state index contributed by atoms with van der Waals surface area (Å²) in [6, 6.07) is 8.87. The van der Waals surface area contributed by atoms with E-state index in [0.717, 1.165) is 29.6 Å². The number of thiophene rings is 1. The molecule has 3 aromatic rings. The Morgan fingerprint density at radius 3 is 2.75 bits per heavy atom. The molecule has 0 aliphatic carbocycles. The summed E-state index contributed by atoms with van der Waals surface area (Å²) in [5, 5.41) is 4.59. The van der Waals surface area contributed by atoms with Crippen molar-refractivity contribution in [2.75, 3.05) is 13.2 Å². The van der Waals surface area contributed by atoms with Crippen LogP contribution in [0.4, 0.5) is 0 Å². The number of fused-ring (bicyclic) bond motifs is 1. The molecular weight excluding hydrogens is 378 g/mol. The van der Waals surface area contributed by atoms with E-state index in [1.54, 1.807) is 23.6 Å². The van der Waals surface area contributed by atoms with E-state index in [4.69, 9.17) is 4.74 Å². The summed E-state index contributed by atoms with van der Waals surface area (Å²) in [5.41, 5.74) is 1.12. The smallest absolute Gasteiger partial charge is 0.336 e. The molecule has 1 fully saturated rings. The van der Waals surface area contributed by atoms with Gasteiger partial charge in [-0.15, -0.1) is 11.3 Å². The number of hydrogen-bond donors (Lipinski definition) is 1. The maximum Gasteiger partial charge on any atom is 0.336 e. The van der Waals surface area contributed by atoms with Crippen molar-refractivity contribution in [2.45, 2.75) is 32.4 Å². The number of aryl methyl sites for hydroxylation is 1. The van der Waals surface area contributed by atoms with E-state index in [2.05, 4.69) is 5.32 Å². The van der Waals surface area contributed by atoms with Gasteiger partial charge in [-0.1, -0.05) is 17.7 Å². The molecule has 1 atom stereocenters. The third-order valence-electron chi connectivity index (χ3n) is 4.90. The lowest BCUT2D eigenvalue weighted by Gasteiger charge is -2.14. The molecular formula is C20H21N3O4S. The van der Waals surface area contributed by atoms with Gasteiger partial charge in [-0.3, -0.25) is 14.2 Å². The first-order chi connectivity index (χ1) is 13.5. The average Bonchev–Trinajstić information content (AvgIpc) is 3.37. The fourth-order valence-corrected chi connectivity index (χ4v) is 4.22. The van der Waals surface area contributed by atoms with Gasteiger partial charge in [0.1, 0.15) is 11.2 Å². The molecule has 0 spiro atoms. The number of amides is 1. The van der Waals surface area contributed by atoms with E-state index in [1.165, 1.54) is 15.9 Å². The lowest BCUT2D eigenvalue weighted by Crippen LogP contribution is -2.42. The number of hydrogen-bond acceptors (Lipinski definition) is 5. The van der Waals surface area contributed by atoms with Crippen LogP contribution in [0, 0.1) is 6.92 Å². The highest BCUT2D eigenvalue weighted by molar-refractivity contribution is 7.17. The molecule has 1 aliphatic rings. The predicted octanol–water partition coefficient (Wildman–Crippen LogP) is 1.82. The number of carbonyl (C=O) groups excluding carboxylic acids is 1. The summed E-state index contributed by atoms with van der Waals surface area (Å²) in [6.07, 6.45) is 1.95. The summed E-state index contributed by atoms with van der Waals surface area (Å²) in [6.45, 7) is 2.94. The zero-order valence-corrected chi connectivity index (χ0v) is 16.3. The highest BCUT2D eigenvalue weighted by Gasteiger charge is 2.19. The number of nitrogens with zero attached hydrogens (tertiary/aromatic N) is 2. The van der Waals surface area contributed by atoms with E-state index < -0.39 is 5.69 Å². The summed E-state index contributed by atoms with van der Waals surface area (Å²) >= 11 is 1.26. The van der Waals surface area contributed by atoms with Gasteiger partial charge in [0.15, 0.2) is 0 Å². The molecule has 146 valence electrons. The molecule has 1 saturated heterocycles. The quantitative estimate of drug-likeness (QED) is 0.710. The Morgan fingerprint density at radius 2 is 2.04 bits per heavy atom. The molecule has 0 saturated carbocycles. The van der Waals surface area contributed by atoms with E-state index >= 15 is 0 Å².